The molecule has 0 radical (unpaired) electrons. The normalized spacial score (nSPS) is 18.0. The van der Waals surface area contributed by atoms with Gasteiger partial charge in [-0.3, -0.25) is 14.6 Å². The first-order valence-corrected chi connectivity index (χ1v) is 11.2. The topological polar surface area (TPSA) is 85.5 Å². The Bertz CT molecular complexity index is 1100. The van der Waals surface area contributed by atoms with Crippen molar-refractivity contribution in [2.24, 2.45) is 11.1 Å². The van der Waals surface area contributed by atoms with Crippen molar-refractivity contribution in [3.63, 3.8) is 0 Å². The molecular formula is C27H29N3O3. The summed E-state index contributed by atoms with van der Waals surface area (Å²) in [4.78, 5) is 31.4. The van der Waals surface area contributed by atoms with Gasteiger partial charge in [0, 0.05) is 25.5 Å². The molecule has 6 heteroatoms. The number of carbonyl (C=O) groups is 2. The Hall–Kier alpha value is -3.67. The number of rotatable bonds is 7. The van der Waals surface area contributed by atoms with Gasteiger partial charge in [-0.1, -0.05) is 42.5 Å². The summed E-state index contributed by atoms with van der Waals surface area (Å²) in [5.41, 5.74) is 9.24. The zero-order chi connectivity index (χ0) is 23.3. The first-order chi connectivity index (χ1) is 16.0. The molecule has 0 aliphatic carbocycles. The molecule has 33 heavy (non-hydrogen) atoms. The zero-order valence-electron chi connectivity index (χ0n) is 18.9. The van der Waals surface area contributed by atoms with Crippen LogP contribution in [0.1, 0.15) is 24.0 Å². The largest absolute Gasteiger partial charge is 0.497 e. The van der Waals surface area contributed by atoms with Gasteiger partial charge in [-0.2, -0.15) is 0 Å². The van der Waals surface area contributed by atoms with Gasteiger partial charge in [-0.15, -0.1) is 0 Å². The number of nitrogens with two attached hydrogens (primary N) is 1. The summed E-state index contributed by atoms with van der Waals surface area (Å²) in [7, 11) is 1.65. The highest BCUT2D eigenvalue weighted by Gasteiger charge is 2.42. The third-order valence-electron chi connectivity index (χ3n) is 6.45. The molecule has 170 valence electrons. The third-order valence-corrected chi connectivity index (χ3v) is 6.45. The summed E-state index contributed by atoms with van der Waals surface area (Å²) in [6.45, 7) is 0.992. The maximum atomic E-state index is 12.9. The molecule has 2 amide bonds. The molecule has 1 aliphatic rings. The van der Waals surface area contributed by atoms with Crippen LogP contribution in [0.3, 0.4) is 0 Å². The SMILES string of the molecule is COc1ccc(-c2ccc(C[C@@]3(C(N)=O)CCCN(C(=O)Cc4cccnc4)C3)cc2)cc1. The average Bonchev–Trinajstić information content (AvgIpc) is 2.85. The van der Waals surface area contributed by atoms with Gasteiger partial charge in [0.15, 0.2) is 0 Å². The number of benzene rings is 2. The van der Waals surface area contributed by atoms with Gasteiger partial charge in [-0.25, -0.2) is 0 Å². The lowest BCUT2D eigenvalue weighted by molar-refractivity contribution is -0.139. The van der Waals surface area contributed by atoms with Crippen LogP contribution < -0.4 is 10.5 Å². The van der Waals surface area contributed by atoms with Crippen LogP contribution in [0, 0.1) is 5.41 Å². The minimum absolute atomic E-state index is 0.00294. The Morgan fingerprint density at radius 1 is 1.03 bits per heavy atom. The second-order valence-corrected chi connectivity index (χ2v) is 8.70. The van der Waals surface area contributed by atoms with Crippen LogP contribution in [0.15, 0.2) is 73.1 Å². The summed E-state index contributed by atoms with van der Waals surface area (Å²) < 4.78 is 5.23. The van der Waals surface area contributed by atoms with Crippen molar-refractivity contribution >= 4 is 11.8 Å². The number of piperidine rings is 1. The highest BCUT2D eigenvalue weighted by Crippen LogP contribution is 2.34. The molecule has 3 aromatic rings. The predicted octanol–water partition coefficient (Wildman–Crippen LogP) is 3.64. The summed E-state index contributed by atoms with van der Waals surface area (Å²) >= 11 is 0. The zero-order valence-corrected chi connectivity index (χ0v) is 18.9. The van der Waals surface area contributed by atoms with Gasteiger partial charge in [0.25, 0.3) is 0 Å². The van der Waals surface area contributed by atoms with Crippen molar-refractivity contribution < 1.29 is 14.3 Å². The molecule has 1 aromatic heterocycles. The van der Waals surface area contributed by atoms with Crippen LogP contribution in [-0.2, 0) is 22.4 Å². The Kier molecular flexibility index (Phi) is 6.73. The number of methoxy groups -OCH3 is 1. The van der Waals surface area contributed by atoms with E-state index in [0.29, 0.717) is 25.9 Å². The van der Waals surface area contributed by atoms with Gasteiger partial charge < -0.3 is 15.4 Å². The van der Waals surface area contributed by atoms with Crippen molar-refractivity contribution in [3.8, 4) is 16.9 Å². The molecule has 2 N–H and O–H groups in total. The number of amides is 2. The minimum atomic E-state index is -0.759. The third kappa shape index (κ3) is 5.22. The first kappa shape index (κ1) is 22.5. The van der Waals surface area contributed by atoms with E-state index in [-0.39, 0.29) is 18.2 Å². The Labute approximate surface area is 194 Å². The molecule has 0 spiro atoms. The summed E-state index contributed by atoms with van der Waals surface area (Å²) in [5.74, 6) is 0.475. The quantitative estimate of drug-likeness (QED) is 0.604. The Balaban J connectivity index is 1.48. The van der Waals surface area contributed by atoms with Crippen LogP contribution >= 0.6 is 0 Å². The number of pyridine rings is 1. The van der Waals surface area contributed by atoms with Crippen molar-refractivity contribution in [2.45, 2.75) is 25.7 Å². The molecule has 6 nitrogen and oxygen atoms in total. The fourth-order valence-electron chi connectivity index (χ4n) is 4.56. The summed E-state index contributed by atoms with van der Waals surface area (Å²) in [6.07, 6.45) is 5.62. The van der Waals surface area contributed by atoms with Gasteiger partial charge in [0.1, 0.15) is 5.75 Å². The fraction of sp³-hybridized carbons (Fsp3) is 0.296. The van der Waals surface area contributed by atoms with Crippen LogP contribution in [0.5, 0.6) is 5.75 Å². The number of primary amides is 1. The van der Waals surface area contributed by atoms with E-state index in [1.807, 2.05) is 48.5 Å². The molecule has 1 atom stereocenters. The highest BCUT2D eigenvalue weighted by atomic mass is 16.5. The number of likely N-dealkylation sites (tertiary alicyclic amines) is 1. The molecule has 2 heterocycles. The highest BCUT2D eigenvalue weighted by molar-refractivity contribution is 5.84. The van der Waals surface area contributed by atoms with E-state index in [4.69, 9.17) is 10.5 Å². The molecule has 1 saturated heterocycles. The van der Waals surface area contributed by atoms with Crippen molar-refractivity contribution in [1.82, 2.24) is 9.88 Å². The predicted molar refractivity (Wildman–Crippen MR) is 128 cm³/mol. The van der Waals surface area contributed by atoms with Crippen LogP contribution in [0.25, 0.3) is 11.1 Å². The van der Waals surface area contributed by atoms with Crippen molar-refractivity contribution in [2.75, 3.05) is 20.2 Å². The molecule has 1 fully saturated rings. The van der Waals surface area contributed by atoms with Gasteiger partial charge in [0.2, 0.25) is 11.8 Å². The Morgan fingerprint density at radius 3 is 2.33 bits per heavy atom. The van der Waals surface area contributed by atoms with Crippen molar-refractivity contribution in [3.05, 3.63) is 84.2 Å². The van der Waals surface area contributed by atoms with E-state index in [9.17, 15) is 9.59 Å². The molecule has 0 unspecified atom stereocenters. The summed E-state index contributed by atoms with van der Waals surface area (Å²) in [6, 6.07) is 19.8. The Morgan fingerprint density at radius 2 is 1.73 bits per heavy atom. The average molecular weight is 444 g/mol. The number of ether oxygens (including phenoxy) is 1. The lowest BCUT2D eigenvalue weighted by atomic mass is 9.74. The van der Waals surface area contributed by atoms with Crippen LogP contribution in [0.4, 0.5) is 0 Å². The smallest absolute Gasteiger partial charge is 0.227 e. The number of hydrogen-bond donors (Lipinski definition) is 1. The summed E-state index contributed by atoms with van der Waals surface area (Å²) in [5, 5.41) is 0. The van der Waals surface area contributed by atoms with Gasteiger partial charge >= 0.3 is 0 Å². The monoisotopic (exact) mass is 443 g/mol. The lowest BCUT2D eigenvalue weighted by Gasteiger charge is -2.41. The molecule has 1 aliphatic heterocycles. The molecule has 0 bridgehead atoms. The van der Waals surface area contributed by atoms with Crippen molar-refractivity contribution in [1.29, 1.82) is 0 Å². The number of nitrogens with zero attached hydrogens (tertiary/aromatic N) is 2. The van der Waals surface area contributed by atoms with E-state index in [0.717, 1.165) is 34.4 Å². The number of aromatic nitrogens is 1. The van der Waals surface area contributed by atoms with E-state index in [1.54, 1.807) is 24.4 Å². The maximum absolute atomic E-state index is 12.9. The van der Waals surface area contributed by atoms with Gasteiger partial charge in [0.05, 0.1) is 18.9 Å². The first-order valence-electron chi connectivity index (χ1n) is 11.2. The molecular weight excluding hydrogens is 414 g/mol. The molecule has 2 aromatic carbocycles. The number of hydrogen-bond acceptors (Lipinski definition) is 4. The molecule has 4 rings (SSSR count). The number of carbonyl (C=O) groups excluding carboxylic acids is 2. The van der Waals surface area contributed by atoms with E-state index in [2.05, 4.69) is 17.1 Å². The fourth-order valence-corrected chi connectivity index (χ4v) is 4.56. The van der Waals surface area contributed by atoms with E-state index in [1.165, 1.54) is 0 Å². The lowest BCUT2D eigenvalue weighted by Crippen LogP contribution is -2.53. The van der Waals surface area contributed by atoms with Crippen LogP contribution in [-0.4, -0.2) is 41.9 Å². The molecule has 0 saturated carbocycles. The minimum Gasteiger partial charge on any atom is -0.497 e. The second kappa shape index (κ2) is 9.86. The van der Waals surface area contributed by atoms with Gasteiger partial charge in [-0.05, 0) is 59.7 Å². The second-order valence-electron chi connectivity index (χ2n) is 8.70. The van der Waals surface area contributed by atoms with Crippen LogP contribution in [0.2, 0.25) is 0 Å². The van der Waals surface area contributed by atoms with E-state index < -0.39 is 5.41 Å². The standard InChI is InChI=1S/C27H29N3O3/c1-33-24-11-9-23(10-12-24)22-7-5-20(6-8-22)17-27(26(28)32)13-3-15-30(19-27)25(31)16-21-4-2-14-29-18-21/h2,4-12,14,18H,3,13,15-17,19H2,1H3,(H2,28,32)/t27-/m0/s1. The maximum Gasteiger partial charge on any atom is 0.227 e. The van der Waals surface area contributed by atoms with E-state index >= 15 is 0 Å².